The minimum Gasteiger partial charge on any atom is -0.496 e. The topological polar surface area (TPSA) is 50.4 Å². The van der Waals surface area contributed by atoms with Crippen molar-refractivity contribution in [2.24, 2.45) is 0 Å². The largest absolute Gasteiger partial charge is 0.496 e. The van der Waals surface area contributed by atoms with E-state index in [4.69, 9.17) is 4.74 Å². The number of amides is 1. The van der Waals surface area contributed by atoms with Gasteiger partial charge in [-0.05, 0) is 30.8 Å². The van der Waals surface area contributed by atoms with Gasteiger partial charge in [0.1, 0.15) is 5.75 Å². The van der Waals surface area contributed by atoms with Crippen molar-refractivity contribution in [3.8, 4) is 5.75 Å². The summed E-state index contributed by atoms with van der Waals surface area (Å²) < 4.78 is 5.41. The summed E-state index contributed by atoms with van der Waals surface area (Å²) >= 11 is 0. The van der Waals surface area contributed by atoms with Crippen molar-refractivity contribution < 1.29 is 9.53 Å². The van der Waals surface area contributed by atoms with Gasteiger partial charge < -0.3 is 15.4 Å². The minimum absolute atomic E-state index is 0. The van der Waals surface area contributed by atoms with Crippen molar-refractivity contribution in [3.63, 3.8) is 0 Å². The molecule has 2 N–H and O–H groups in total. The average Bonchev–Trinajstić information content (AvgIpc) is 3.00. The van der Waals surface area contributed by atoms with Crippen molar-refractivity contribution >= 4 is 34.8 Å². The maximum absolute atomic E-state index is 12.1. The Bertz CT molecular complexity index is 639. The maximum atomic E-state index is 12.1. The number of halogens is 1. The van der Waals surface area contributed by atoms with Crippen LogP contribution in [0.3, 0.4) is 0 Å². The number of carbonyl (C=O) groups is 1. The number of ether oxygens (including phenoxy) is 1. The van der Waals surface area contributed by atoms with Crippen molar-refractivity contribution in [1.29, 1.82) is 0 Å². The Morgan fingerprint density at radius 3 is 2.86 bits per heavy atom. The second kappa shape index (κ2) is 6.78. The molecule has 1 saturated heterocycles. The lowest BCUT2D eigenvalue weighted by atomic mass is 10.1. The normalized spacial score (nSPS) is 17.3. The van der Waals surface area contributed by atoms with E-state index in [1.54, 1.807) is 7.11 Å². The van der Waals surface area contributed by atoms with Gasteiger partial charge in [-0.2, -0.15) is 0 Å². The average molecular weight is 307 g/mol. The van der Waals surface area contributed by atoms with Crippen LogP contribution in [0, 0.1) is 0 Å². The van der Waals surface area contributed by atoms with Gasteiger partial charge in [-0.15, -0.1) is 12.4 Å². The zero-order chi connectivity index (χ0) is 13.9. The highest BCUT2D eigenvalue weighted by Gasteiger charge is 2.22. The number of hydrogen-bond acceptors (Lipinski definition) is 3. The number of carbonyl (C=O) groups excluding carboxylic acids is 1. The summed E-state index contributed by atoms with van der Waals surface area (Å²) in [6.07, 6.45) is 1.95. The van der Waals surface area contributed by atoms with Crippen molar-refractivity contribution in [1.82, 2.24) is 5.32 Å². The molecule has 21 heavy (non-hydrogen) atoms. The van der Waals surface area contributed by atoms with Crippen LogP contribution in [-0.2, 0) is 4.79 Å². The fourth-order valence-corrected chi connectivity index (χ4v) is 2.65. The predicted octanol–water partition coefficient (Wildman–Crippen LogP) is 2.96. The first-order chi connectivity index (χ1) is 9.78. The van der Waals surface area contributed by atoms with Crippen molar-refractivity contribution in [3.05, 3.63) is 36.4 Å². The number of fused-ring (bicyclic) bond motifs is 1. The molecule has 2 aromatic rings. The number of benzene rings is 2. The van der Waals surface area contributed by atoms with Gasteiger partial charge in [0.05, 0.1) is 13.2 Å². The lowest BCUT2D eigenvalue weighted by Gasteiger charge is -2.13. The third-order valence-electron chi connectivity index (χ3n) is 3.69. The number of anilines is 1. The Hall–Kier alpha value is -1.78. The molecule has 3 rings (SSSR count). The van der Waals surface area contributed by atoms with E-state index in [1.165, 1.54) is 0 Å². The highest BCUT2D eigenvalue weighted by Crippen LogP contribution is 2.29. The van der Waals surface area contributed by atoms with E-state index >= 15 is 0 Å². The van der Waals surface area contributed by atoms with Gasteiger partial charge in [-0.25, -0.2) is 0 Å². The van der Waals surface area contributed by atoms with E-state index < -0.39 is 0 Å². The van der Waals surface area contributed by atoms with E-state index in [0.29, 0.717) is 0 Å². The van der Waals surface area contributed by atoms with E-state index in [1.807, 2.05) is 36.4 Å². The molecular weight excluding hydrogens is 288 g/mol. The number of methoxy groups -OCH3 is 1. The van der Waals surface area contributed by atoms with Crippen LogP contribution in [0.1, 0.15) is 12.8 Å². The summed E-state index contributed by atoms with van der Waals surface area (Å²) in [4.78, 5) is 12.1. The third kappa shape index (κ3) is 3.28. The maximum Gasteiger partial charge on any atom is 0.241 e. The summed E-state index contributed by atoms with van der Waals surface area (Å²) in [6, 6.07) is 11.8. The van der Waals surface area contributed by atoms with Crippen LogP contribution in [0.25, 0.3) is 10.8 Å². The van der Waals surface area contributed by atoms with Gasteiger partial charge in [0, 0.05) is 17.1 Å². The van der Waals surface area contributed by atoms with E-state index in [2.05, 4.69) is 10.6 Å². The fourth-order valence-electron chi connectivity index (χ4n) is 2.65. The monoisotopic (exact) mass is 306 g/mol. The Balaban J connectivity index is 0.00000161. The summed E-state index contributed by atoms with van der Waals surface area (Å²) in [5.41, 5.74) is 0.777. The van der Waals surface area contributed by atoms with Gasteiger partial charge in [-0.1, -0.05) is 24.3 Å². The predicted molar refractivity (Wildman–Crippen MR) is 87.4 cm³/mol. The van der Waals surface area contributed by atoms with Crippen molar-refractivity contribution in [2.75, 3.05) is 19.0 Å². The molecule has 1 aliphatic rings. The van der Waals surface area contributed by atoms with Gasteiger partial charge in [0.25, 0.3) is 0 Å². The molecule has 2 aromatic carbocycles. The second-order valence-corrected chi connectivity index (χ2v) is 5.04. The molecule has 1 unspecified atom stereocenters. The van der Waals surface area contributed by atoms with Crippen LogP contribution < -0.4 is 15.4 Å². The van der Waals surface area contributed by atoms with Gasteiger partial charge >= 0.3 is 0 Å². The summed E-state index contributed by atoms with van der Waals surface area (Å²) in [7, 11) is 1.64. The molecule has 112 valence electrons. The Kier molecular flexibility index (Phi) is 5.04. The second-order valence-electron chi connectivity index (χ2n) is 5.04. The van der Waals surface area contributed by atoms with E-state index in [0.717, 1.165) is 41.6 Å². The van der Waals surface area contributed by atoms with E-state index in [9.17, 15) is 4.79 Å². The molecule has 0 saturated carbocycles. The first-order valence-electron chi connectivity index (χ1n) is 6.89. The molecular formula is C16H19ClN2O2. The summed E-state index contributed by atoms with van der Waals surface area (Å²) in [6.45, 7) is 0.916. The van der Waals surface area contributed by atoms with Crippen LogP contribution in [0.2, 0.25) is 0 Å². The van der Waals surface area contributed by atoms with Gasteiger partial charge in [0.15, 0.2) is 0 Å². The molecule has 5 heteroatoms. The molecule has 1 heterocycles. The zero-order valence-corrected chi connectivity index (χ0v) is 12.7. The number of hydrogen-bond donors (Lipinski definition) is 2. The van der Waals surface area contributed by atoms with Crippen LogP contribution >= 0.6 is 12.4 Å². The molecule has 0 aliphatic carbocycles. The van der Waals surface area contributed by atoms with Gasteiger partial charge in [-0.3, -0.25) is 4.79 Å². The zero-order valence-electron chi connectivity index (χ0n) is 11.9. The quantitative estimate of drug-likeness (QED) is 0.916. The molecule has 1 fully saturated rings. The lowest BCUT2D eigenvalue weighted by Crippen LogP contribution is -2.35. The fraction of sp³-hybridized carbons (Fsp3) is 0.312. The number of nitrogens with one attached hydrogen (secondary N) is 2. The Morgan fingerprint density at radius 2 is 2.14 bits per heavy atom. The van der Waals surface area contributed by atoms with Crippen LogP contribution in [0.15, 0.2) is 36.4 Å². The highest BCUT2D eigenvalue weighted by atomic mass is 35.5. The standard InChI is InChI=1S/C16H18N2O2.ClH/c1-20-15-10-12(9-11-5-2-3-6-13(11)15)18-16(19)14-7-4-8-17-14;/h2-3,5-6,9-10,14,17H,4,7-8H2,1H3,(H,18,19);1H. The van der Waals surface area contributed by atoms with Gasteiger partial charge in [0.2, 0.25) is 5.91 Å². The first kappa shape index (κ1) is 15.6. The molecule has 0 bridgehead atoms. The molecule has 0 aromatic heterocycles. The number of rotatable bonds is 3. The molecule has 0 spiro atoms. The SMILES string of the molecule is COc1cc(NC(=O)C2CCCN2)cc2ccccc12.Cl. The molecule has 1 atom stereocenters. The molecule has 0 radical (unpaired) electrons. The van der Waals surface area contributed by atoms with Crippen molar-refractivity contribution in [2.45, 2.75) is 18.9 Å². The first-order valence-corrected chi connectivity index (χ1v) is 6.89. The lowest BCUT2D eigenvalue weighted by molar-refractivity contribution is -0.117. The Morgan fingerprint density at radius 1 is 1.33 bits per heavy atom. The highest BCUT2D eigenvalue weighted by molar-refractivity contribution is 5.99. The third-order valence-corrected chi connectivity index (χ3v) is 3.69. The van der Waals surface area contributed by atoms with E-state index in [-0.39, 0.29) is 24.4 Å². The summed E-state index contributed by atoms with van der Waals surface area (Å²) in [5.74, 6) is 0.803. The molecule has 4 nitrogen and oxygen atoms in total. The molecule has 1 amide bonds. The minimum atomic E-state index is -0.0764. The van der Waals surface area contributed by atoms with Crippen LogP contribution in [0.4, 0.5) is 5.69 Å². The van der Waals surface area contributed by atoms with Crippen LogP contribution in [-0.4, -0.2) is 25.6 Å². The van der Waals surface area contributed by atoms with Crippen LogP contribution in [0.5, 0.6) is 5.75 Å². The molecule has 1 aliphatic heterocycles. The smallest absolute Gasteiger partial charge is 0.241 e. The summed E-state index contributed by atoms with van der Waals surface area (Å²) in [5, 5.41) is 8.27. The Labute approximate surface area is 130 Å².